The minimum absolute atomic E-state index is 0.0356. The lowest BCUT2D eigenvalue weighted by atomic mass is 10.2. The van der Waals surface area contributed by atoms with Gasteiger partial charge in [-0.3, -0.25) is 14.9 Å². The number of carbonyl (C=O) groups is 1. The van der Waals surface area contributed by atoms with E-state index in [0.717, 1.165) is 37.9 Å². The fourth-order valence-electron chi connectivity index (χ4n) is 3.91. The molecule has 4 rings (SSSR count). The summed E-state index contributed by atoms with van der Waals surface area (Å²) in [7, 11) is 2.10. The quantitative estimate of drug-likeness (QED) is 0.345. The first kappa shape index (κ1) is 25.3. The van der Waals surface area contributed by atoms with Crippen molar-refractivity contribution in [2.45, 2.75) is 13.3 Å². The Labute approximate surface area is 213 Å². The number of non-ortho nitro benzene ring substituents is 1. The third-order valence-electron chi connectivity index (χ3n) is 5.94. The molecule has 0 bridgehead atoms. The Morgan fingerprint density at radius 3 is 2.49 bits per heavy atom. The van der Waals surface area contributed by atoms with Crippen LogP contribution in [0.3, 0.4) is 0 Å². The van der Waals surface area contributed by atoms with E-state index in [-0.39, 0.29) is 34.4 Å². The molecule has 0 unspecified atom stereocenters. The smallest absolute Gasteiger partial charge is 0.274 e. The van der Waals surface area contributed by atoms with Gasteiger partial charge in [0, 0.05) is 43.6 Å². The number of hydrogen-bond acceptors (Lipinski definition) is 10. The number of carbonyl (C=O) groups excluding carboxylic acids is 1. The van der Waals surface area contributed by atoms with E-state index in [9.17, 15) is 20.2 Å². The molecule has 0 atom stereocenters. The van der Waals surface area contributed by atoms with Crippen molar-refractivity contribution in [3.05, 3.63) is 69.5 Å². The number of nitrogens with one attached hydrogen (secondary N) is 1. The van der Waals surface area contributed by atoms with Crippen molar-refractivity contribution in [2.75, 3.05) is 43.4 Å². The molecular formula is C25H26N8O4. The van der Waals surface area contributed by atoms with Crippen LogP contribution in [0.5, 0.6) is 11.6 Å². The number of aromatic nitrogens is 2. The average Bonchev–Trinajstić information content (AvgIpc) is 2.89. The Kier molecular flexibility index (Phi) is 7.45. The highest BCUT2D eigenvalue weighted by Crippen LogP contribution is 2.31. The second kappa shape index (κ2) is 10.9. The molecule has 0 spiro atoms. The van der Waals surface area contributed by atoms with Crippen LogP contribution < -0.4 is 20.7 Å². The number of nitro benzene ring substituents is 1. The zero-order valence-electron chi connectivity index (χ0n) is 20.5. The van der Waals surface area contributed by atoms with E-state index in [1.54, 1.807) is 6.92 Å². The van der Waals surface area contributed by atoms with Crippen LogP contribution in [0.1, 0.15) is 28.7 Å². The van der Waals surface area contributed by atoms with Gasteiger partial charge in [0.25, 0.3) is 11.6 Å². The lowest BCUT2D eigenvalue weighted by molar-refractivity contribution is -0.384. The summed E-state index contributed by atoms with van der Waals surface area (Å²) in [6, 6.07) is 13.3. The van der Waals surface area contributed by atoms with Crippen LogP contribution in [0.4, 0.5) is 22.9 Å². The predicted molar refractivity (Wildman–Crippen MR) is 137 cm³/mol. The fraction of sp³-hybridized carbons (Fsp3) is 0.280. The summed E-state index contributed by atoms with van der Waals surface area (Å²) in [4.78, 5) is 36.2. The number of nitrogens with zero attached hydrogens (tertiary/aromatic N) is 6. The van der Waals surface area contributed by atoms with Crippen LogP contribution in [0.25, 0.3) is 0 Å². The Morgan fingerprint density at radius 1 is 1.19 bits per heavy atom. The van der Waals surface area contributed by atoms with Crippen molar-refractivity contribution >= 4 is 28.8 Å². The number of anilines is 3. The number of likely N-dealkylation sites (N-methyl/N-ethyl adjacent to an activating group) is 1. The molecule has 0 aliphatic carbocycles. The van der Waals surface area contributed by atoms with Crippen molar-refractivity contribution in [3.8, 4) is 17.7 Å². The molecule has 190 valence electrons. The second-order valence-electron chi connectivity index (χ2n) is 8.54. The molecule has 1 saturated heterocycles. The Bertz CT molecular complexity index is 1360. The number of piperazine rings is 1. The van der Waals surface area contributed by atoms with E-state index in [2.05, 4.69) is 32.1 Å². The van der Waals surface area contributed by atoms with Gasteiger partial charge >= 0.3 is 0 Å². The van der Waals surface area contributed by atoms with Gasteiger partial charge in [0.2, 0.25) is 5.88 Å². The van der Waals surface area contributed by atoms with Crippen LogP contribution in [-0.2, 0) is 6.42 Å². The minimum atomic E-state index is -0.771. The molecule has 37 heavy (non-hydrogen) atoms. The van der Waals surface area contributed by atoms with Gasteiger partial charge in [-0.05, 0) is 43.8 Å². The van der Waals surface area contributed by atoms with E-state index in [1.807, 2.05) is 30.3 Å². The molecule has 1 fully saturated rings. The average molecular weight is 503 g/mol. The van der Waals surface area contributed by atoms with Gasteiger partial charge in [0.1, 0.15) is 11.4 Å². The van der Waals surface area contributed by atoms with Gasteiger partial charge in [-0.15, -0.1) is 0 Å². The minimum Gasteiger partial charge on any atom is -0.437 e. The van der Waals surface area contributed by atoms with Crippen LogP contribution in [0.15, 0.2) is 42.5 Å². The van der Waals surface area contributed by atoms with E-state index in [4.69, 9.17) is 10.5 Å². The van der Waals surface area contributed by atoms with Gasteiger partial charge in [0.05, 0.1) is 22.6 Å². The number of amides is 1. The molecule has 1 aliphatic heterocycles. The topological polar surface area (TPSA) is 164 Å². The normalized spacial score (nSPS) is 13.6. The molecule has 1 amide bonds. The SMILES string of the molecule is CCc1nc(C(N)=O)c(Nc2ccc(N3CCN(C)CC3)cc2)nc1Oc1cc(C#N)cc([N+](=O)[O-])c1. The molecule has 0 saturated carbocycles. The fourth-order valence-corrected chi connectivity index (χ4v) is 3.91. The van der Waals surface area contributed by atoms with Crippen molar-refractivity contribution < 1.29 is 14.5 Å². The summed E-state index contributed by atoms with van der Waals surface area (Å²) >= 11 is 0. The lowest BCUT2D eigenvalue weighted by Crippen LogP contribution is -2.44. The standard InChI is InChI=1S/C25H26N8O4/c1-3-21-25(37-20-13-16(15-26)12-19(14-20)33(35)36)30-24(22(29-21)23(27)34)28-17-4-6-18(7-5-17)32-10-8-31(2)9-11-32/h4-7,12-14H,3,8-11H2,1-2H3,(H2,27,34)(H,28,30). The largest absolute Gasteiger partial charge is 0.437 e. The number of nitrogens with two attached hydrogens (primary N) is 1. The molecule has 3 aromatic rings. The van der Waals surface area contributed by atoms with E-state index in [1.165, 1.54) is 12.1 Å². The van der Waals surface area contributed by atoms with Crippen LogP contribution in [-0.4, -0.2) is 58.9 Å². The maximum Gasteiger partial charge on any atom is 0.274 e. The summed E-state index contributed by atoms with van der Waals surface area (Å²) in [5, 5.41) is 23.6. The number of hydrogen-bond donors (Lipinski definition) is 2. The maximum absolute atomic E-state index is 12.2. The van der Waals surface area contributed by atoms with Gasteiger partial charge in [-0.25, -0.2) is 4.98 Å². The van der Waals surface area contributed by atoms with Crippen molar-refractivity contribution in [3.63, 3.8) is 0 Å². The zero-order valence-corrected chi connectivity index (χ0v) is 20.5. The molecule has 0 radical (unpaired) electrons. The first-order chi connectivity index (χ1) is 17.8. The highest BCUT2D eigenvalue weighted by Gasteiger charge is 2.20. The summed E-state index contributed by atoms with van der Waals surface area (Å²) < 4.78 is 5.82. The summed E-state index contributed by atoms with van der Waals surface area (Å²) in [6.45, 7) is 5.64. The monoisotopic (exact) mass is 502 g/mol. The van der Waals surface area contributed by atoms with Gasteiger partial charge in [-0.2, -0.15) is 10.2 Å². The van der Waals surface area contributed by atoms with Crippen LogP contribution in [0, 0.1) is 21.4 Å². The van der Waals surface area contributed by atoms with E-state index < -0.39 is 10.8 Å². The van der Waals surface area contributed by atoms with Crippen molar-refractivity contribution in [1.82, 2.24) is 14.9 Å². The molecule has 3 N–H and O–H groups in total. The third kappa shape index (κ3) is 5.91. The van der Waals surface area contributed by atoms with Crippen LogP contribution >= 0.6 is 0 Å². The number of aryl methyl sites for hydroxylation is 1. The Hall–Kier alpha value is -4.76. The summed E-state index contributed by atoms with van der Waals surface area (Å²) in [6.07, 6.45) is 0.350. The van der Waals surface area contributed by atoms with Gasteiger partial charge in [-0.1, -0.05) is 6.92 Å². The summed E-state index contributed by atoms with van der Waals surface area (Å²) in [5.74, 6) is -0.608. The molecule has 1 aromatic heterocycles. The number of nitriles is 1. The first-order valence-corrected chi connectivity index (χ1v) is 11.7. The second-order valence-corrected chi connectivity index (χ2v) is 8.54. The summed E-state index contributed by atoms with van der Waals surface area (Å²) in [5.41, 5.74) is 7.34. The Morgan fingerprint density at radius 2 is 1.89 bits per heavy atom. The number of rotatable bonds is 8. The third-order valence-corrected chi connectivity index (χ3v) is 5.94. The highest BCUT2D eigenvalue weighted by atomic mass is 16.6. The lowest BCUT2D eigenvalue weighted by Gasteiger charge is -2.34. The van der Waals surface area contributed by atoms with Crippen molar-refractivity contribution in [1.29, 1.82) is 5.26 Å². The molecular weight excluding hydrogens is 476 g/mol. The van der Waals surface area contributed by atoms with Gasteiger partial charge < -0.3 is 25.6 Å². The van der Waals surface area contributed by atoms with Crippen LogP contribution in [0.2, 0.25) is 0 Å². The maximum atomic E-state index is 12.2. The molecule has 2 heterocycles. The molecule has 2 aromatic carbocycles. The highest BCUT2D eigenvalue weighted by molar-refractivity contribution is 5.96. The Balaban J connectivity index is 1.64. The molecule has 1 aliphatic rings. The zero-order chi connectivity index (χ0) is 26.5. The predicted octanol–water partition coefficient (Wildman–Crippen LogP) is 3.21. The van der Waals surface area contributed by atoms with E-state index >= 15 is 0 Å². The van der Waals surface area contributed by atoms with Gasteiger partial charge in [0.15, 0.2) is 11.5 Å². The first-order valence-electron chi connectivity index (χ1n) is 11.7. The number of benzene rings is 2. The molecule has 12 nitrogen and oxygen atoms in total. The number of nitro groups is 1. The number of ether oxygens (including phenoxy) is 1. The van der Waals surface area contributed by atoms with Crippen molar-refractivity contribution in [2.24, 2.45) is 5.73 Å². The number of primary amides is 1. The van der Waals surface area contributed by atoms with E-state index in [0.29, 0.717) is 17.8 Å². The molecule has 12 heteroatoms.